The summed E-state index contributed by atoms with van der Waals surface area (Å²) in [5.41, 5.74) is 0.954. The van der Waals surface area contributed by atoms with Gasteiger partial charge in [-0.2, -0.15) is 4.98 Å². The van der Waals surface area contributed by atoms with Crippen LogP contribution in [0.15, 0.2) is 42.7 Å². The third-order valence-electron chi connectivity index (χ3n) is 6.75. The zero-order chi connectivity index (χ0) is 25.7. The van der Waals surface area contributed by atoms with E-state index in [2.05, 4.69) is 10.3 Å². The predicted octanol–water partition coefficient (Wildman–Crippen LogP) is 3.68. The van der Waals surface area contributed by atoms with E-state index in [1.54, 1.807) is 18.0 Å². The first-order valence-corrected chi connectivity index (χ1v) is 14.5. The molecule has 1 N–H and O–H groups in total. The molecule has 0 atom stereocenters. The van der Waals surface area contributed by atoms with E-state index in [0.29, 0.717) is 30.9 Å². The number of benzene rings is 1. The van der Waals surface area contributed by atoms with Crippen molar-refractivity contribution in [3.63, 3.8) is 0 Å². The van der Waals surface area contributed by atoms with Crippen molar-refractivity contribution >= 4 is 32.6 Å². The number of hydrogen-bond donors (Lipinski definition) is 1. The number of nitrogens with one attached hydrogen (secondary N) is 1. The Hall–Kier alpha value is -3.14. The fourth-order valence-electron chi connectivity index (χ4n) is 4.71. The lowest BCUT2D eigenvalue weighted by atomic mass is 9.86. The topological polar surface area (TPSA) is 106 Å². The number of aromatic nitrogens is 3. The molecule has 0 spiro atoms. The molecule has 0 bridgehead atoms. The Bertz CT molecular complexity index is 1300. The summed E-state index contributed by atoms with van der Waals surface area (Å²) in [6.07, 6.45) is 9.60. The second kappa shape index (κ2) is 11.3. The van der Waals surface area contributed by atoms with Crippen molar-refractivity contribution < 1.29 is 17.9 Å². The van der Waals surface area contributed by atoms with E-state index in [4.69, 9.17) is 9.72 Å². The fraction of sp³-hybridized carbons (Fsp3) is 0.500. The van der Waals surface area contributed by atoms with Crippen molar-refractivity contribution in [3.8, 4) is 11.6 Å². The number of hydrogen-bond acceptors (Lipinski definition) is 7. The van der Waals surface area contributed by atoms with Gasteiger partial charge in [-0.3, -0.25) is 4.79 Å². The number of amides is 1. The second-order valence-corrected chi connectivity index (χ2v) is 12.0. The van der Waals surface area contributed by atoms with Gasteiger partial charge in [0.1, 0.15) is 21.4 Å². The lowest BCUT2D eigenvalue weighted by Gasteiger charge is -2.31. The standard InChI is InChI=1S/C26H35N5O4S/c1-19(32)30(2)18-20-8-10-21(11-9-20)28-26-27-14-12-25(29-26)31-15-13-22-23(31)6-4-7-24(22)35-16-5-17-36(3,33)34/h4,6-7,12-15,20-21H,5,8-11,16-18H2,1-3H3,(H,27,28,29). The minimum Gasteiger partial charge on any atom is -0.493 e. The van der Waals surface area contributed by atoms with Gasteiger partial charge < -0.3 is 19.5 Å². The molecule has 36 heavy (non-hydrogen) atoms. The number of sulfone groups is 1. The minimum atomic E-state index is -3.00. The highest BCUT2D eigenvalue weighted by Crippen LogP contribution is 2.29. The van der Waals surface area contributed by atoms with E-state index in [-0.39, 0.29) is 11.7 Å². The summed E-state index contributed by atoms with van der Waals surface area (Å²) in [6, 6.07) is 9.99. The molecule has 1 aliphatic rings. The maximum atomic E-state index is 11.5. The van der Waals surface area contributed by atoms with Crippen LogP contribution < -0.4 is 10.1 Å². The summed E-state index contributed by atoms with van der Waals surface area (Å²) < 4.78 is 30.6. The van der Waals surface area contributed by atoms with E-state index in [1.807, 2.05) is 48.1 Å². The van der Waals surface area contributed by atoms with Gasteiger partial charge in [-0.25, -0.2) is 13.4 Å². The molecule has 10 heteroatoms. The molecule has 194 valence electrons. The smallest absolute Gasteiger partial charge is 0.224 e. The van der Waals surface area contributed by atoms with E-state index in [0.717, 1.165) is 54.7 Å². The van der Waals surface area contributed by atoms with Crippen LogP contribution in [0.5, 0.6) is 5.75 Å². The summed E-state index contributed by atoms with van der Waals surface area (Å²) in [7, 11) is -1.13. The molecule has 1 saturated carbocycles. The monoisotopic (exact) mass is 513 g/mol. The maximum Gasteiger partial charge on any atom is 0.224 e. The summed E-state index contributed by atoms with van der Waals surface area (Å²) >= 11 is 0. The maximum absolute atomic E-state index is 11.5. The highest BCUT2D eigenvalue weighted by Gasteiger charge is 2.23. The summed E-state index contributed by atoms with van der Waals surface area (Å²) in [5.74, 6) is 2.85. The van der Waals surface area contributed by atoms with Crippen LogP contribution in [0.1, 0.15) is 39.0 Å². The summed E-state index contributed by atoms with van der Waals surface area (Å²) in [4.78, 5) is 22.5. The molecule has 2 aromatic heterocycles. The Morgan fingerprint density at radius 2 is 1.97 bits per heavy atom. The van der Waals surface area contributed by atoms with E-state index in [9.17, 15) is 13.2 Å². The SMILES string of the molecule is CC(=O)N(C)CC1CCC(Nc2nccc(-n3ccc4c(OCCCS(C)(=O)=O)cccc43)n2)CC1. The van der Waals surface area contributed by atoms with Crippen LogP contribution in [0.3, 0.4) is 0 Å². The normalized spacial score (nSPS) is 18.2. The van der Waals surface area contributed by atoms with Crippen LogP contribution in [0.2, 0.25) is 0 Å². The Morgan fingerprint density at radius 1 is 1.19 bits per heavy atom. The van der Waals surface area contributed by atoms with E-state index < -0.39 is 9.84 Å². The van der Waals surface area contributed by atoms with Gasteiger partial charge in [0, 0.05) is 50.6 Å². The molecule has 0 unspecified atom stereocenters. The summed E-state index contributed by atoms with van der Waals surface area (Å²) in [5, 5.41) is 4.44. The Balaban J connectivity index is 1.40. The quantitative estimate of drug-likeness (QED) is 0.412. The zero-order valence-corrected chi connectivity index (χ0v) is 22.0. The van der Waals surface area contributed by atoms with Crippen molar-refractivity contribution in [2.45, 2.75) is 45.1 Å². The number of nitrogens with zero attached hydrogens (tertiary/aromatic N) is 4. The fourth-order valence-corrected chi connectivity index (χ4v) is 5.35. The van der Waals surface area contributed by atoms with Gasteiger partial charge >= 0.3 is 0 Å². The highest BCUT2D eigenvalue weighted by molar-refractivity contribution is 7.90. The Kier molecular flexibility index (Phi) is 8.13. The van der Waals surface area contributed by atoms with Crippen LogP contribution >= 0.6 is 0 Å². The zero-order valence-electron chi connectivity index (χ0n) is 21.2. The molecule has 3 aromatic rings. The van der Waals surface area contributed by atoms with Gasteiger partial charge in [0.15, 0.2) is 0 Å². The first-order chi connectivity index (χ1) is 17.2. The lowest BCUT2D eigenvalue weighted by Crippen LogP contribution is -2.34. The molecule has 1 aromatic carbocycles. The molecule has 1 aliphatic carbocycles. The number of fused-ring (bicyclic) bond motifs is 1. The average molecular weight is 514 g/mol. The molecule has 4 rings (SSSR count). The van der Waals surface area contributed by atoms with Crippen LogP contribution in [0.4, 0.5) is 5.95 Å². The molecule has 0 radical (unpaired) electrons. The first-order valence-electron chi connectivity index (χ1n) is 12.4. The largest absolute Gasteiger partial charge is 0.493 e. The molecule has 1 fully saturated rings. The number of rotatable bonds is 10. The molecular formula is C26H35N5O4S. The number of carbonyl (C=O) groups is 1. The highest BCUT2D eigenvalue weighted by atomic mass is 32.2. The predicted molar refractivity (Wildman–Crippen MR) is 141 cm³/mol. The number of carbonyl (C=O) groups excluding carboxylic acids is 1. The van der Waals surface area contributed by atoms with Crippen LogP contribution in [0, 0.1) is 5.92 Å². The van der Waals surface area contributed by atoms with Gasteiger partial charge in [0.25, 0.3) is 0 Å². The lowest BCUT2D eigenvalue weighted by molar-refractivity contribution is -0.128. The van der Waals surface area contributed by atoms with Gasteiger partial charge in [-0.1, -0.05) is 6.07 Å². The number of anilines is 1. The molecule has 0 aliphatic heterocycles. The minimum absolute atomic E-state index is 0.109. The third kappa shape index (κ3) is 6.75. The molecule has 1 amide bonds. The van der Waals surface area contributed by atoms with Crippen molar-refractivity contribution in [1.29, 1.82) is 0 Å². The van der Waals surface area contributed by atoms with Crippen molar-refractivity contribution in [1.82, 2.24) is 19.4 Å². The molecular weight excluding hydrogens is 478 g/mol. The first kappa shape index (κ1) is 25.9. The third-order valence-corrected chi connectivity index (χ3v) is 7.78. The van der Waals surface area contributed by atoms with Gasteiger partial charge in [0.05, 0.1) is 17.9 Å². The number of ether oxygens (including phenoxy) is 1. The molecule has 2 heterocycles. The van der Waals surface area contributed by atoms with Crippen LogP contribution in [-0.4, -0.2) is 72.0 Å². The van der Waals surface area contributed by atoms with E-state index in [1.165, 1.54) is 6.26 Å². The van der Waals surface area contributed by atoms with Crippen molar-refractivity contribution in [3.05, 3.63) is 42.7 Å². The summed E-state index contributed by atoms with van der Waals surface area (Å²) in [6.45, 7) is 2.77. The molecule has 9 nitrogen and oxygen atoms in total. The van der Waals surface area contributed by atoms with Gasteiger partial charge in [-0.05, 0) is 62.3 Å². The van der Waals surface area contributed by atoms with Gasteiger partial charge in [-0.15, -0.1) is 0 Å². The van der Waals surface area contributed by atoms with E-state index >= 15 is 0 Å². The van der Waals surface area contributed by atoms with Crippen LogP contribution in [0.25, 0.3) is 16.7 Å². The van der Waals surface area contributed by atoms with Crippen molar-refractivity contribution in [2.75, 3.05) is 37.5 Å². The van der Waals surface area contributed by atoms with Gasteiger partial charge in [0.2, 0.25) is 11.9 Å². The molecule has 0 saturated heterocycles. The average Bonchev–Trinajstić information content (AvgIpc) is 3.27. The Morgan fingerprint density at radius 3 is 2.69 bits per heavy atom. The second-order valence-electron chi connectivity index (χ2n) is 9.71. The van der Waals surface area contributed by atoms with Crippen molar-refractivity contribution in [2.24, 2.45) is 5.92 Å². The van der Waals surface area contributed by atoms with Crippen LogP contribution in [-0.2, 0) is 14.6 Å². The Labute approximate surface area is 212 Å².